The number of rotatable bonds is 4. The summed E-state index contributed by atoms with van der Waals surface area (Å²) in [5.41, 5.74) is 0.997. The van der Waals surface area contributed by atoms with Crippen molar-refractivity contribution < 1.29 is 13.6 Å². The number of ketones is 1. The van der Waals surface area contributed by atoms with Crippen molar-refractivity contribution in [1.29, 1.82) is 0 Å². The van der Waals surface area contributed by atoms with Gasteiger partial charge in [0.15, 0.2) is 5.78 Å². The Morgan fingerprint density at radius 2 is 1.85 bits per heavy atom. The average Bonchev–Trinajstić information content (AvgIpc) is 2.40. The molecule has 2 rings (SSSR count). The fourth-order valence-corrected chi connectivity index (χ4v) is 2.87. The maximum absolute atomic E-state index is 13.6. The summed E-state index contributed by atoms with van der Waals surface area (Å²) in [4.78, 5) is 13.2. The minimum Gasteiger partial charge on any atom is -0.293 e. The summed E-state index contributed by atoms with van der Waals surface area (Å²) in [6, 6.07) is 10.7. The molecular formula is C16H14F2OS. The molecule has 2 aromatic carbocycles. The maximum Gasteiger partial charge on any atom is 0.178 e. The van der Waals surface area contributed by atoms with Gasteiger partial charge in [0.1, 0.15) is 11.6 Å². The normalized spacial score (nSPS) is 12.2. The molecule has 1 atom stereocenters. The van der Waals surface area contributed by atoms with Crippen molar-refractivity contribution >= 4 is 17.5 Å². The highest BCUT2D eigenvalue weighted by molar-refractivity contribution is 8.00. The van der Waals surface area contributed by atoms with Gasteiger partial charge in [-0.3, -0.25) is 4.79 Å². The van der Waals surface area contributed by atoms with Crippen LogP contribution in [0.25, 0.3) is 0 Å². The summed E-state index contributed by atoms with van der Waals surface area (Å²) in [7, 11) is 0. The number of Topliss-reactive ketones (excluding diaryl/α,β-unsaturated/α-hetero) is 1. The van der Waals surface area contributed by atoms with Gasteiger partial charge in [-0.05, 0) is 37.6 Å². The number of hydrogen-bond donors (Lipinski definition) is 0. The summed E-state index contributed by atoms with van der Waals surface area (Å²) in [5, 5.41) is -0.434. The van der Waals surface area contributed by atoms with E-state index in [1.54, 1.807) is 6.92 Å². The van der Waals surface area contributed by atoms with E-state index in [4.69, 9.17) is 0 Å². The SMILES string of the molecule is Cc1ccccc1SC(C)C(=O)c1ccc(F)cc1F. The Bertz CT molecular complexity index is 640. The molecule has 1 unspecified atom stereocenters. The molecule has 0 bridgehead atoms. The van der Waals surface area contributed by atoms with Gasteiger partial charge in [-0.2, -0.15) is 0 Å². The smallest absolute Gasteiger partial charge is 0.178 e. The van der Waals surface area contributed by atoms with Crippen LogP contribution in [0.5, 0.6) is 0 Å². The number of aryl methyl sites for hydroxylation is 1. The molecule has 0 saturated carbocycles. The number of carbonyl (C=O) groups is 1. The zero-order valence-corrected chi connectivity index (χ0v) is 12.0. The van der Waals surface area contributed by atoms with Crippen LogP contribution in [-0.4, -0.2) is 11.0 Å². The Hall–Kier alpha value is -1.68. The molecule has 0 amide bonds. The average molecular weight is 292 g/mol. The molecule has 0 N–H and O–H groups in total. The van der Waals surface area contributed by atoms with E-state index in [0.717, 1.165) is 22.6 Å². The van der Waals surface area contributed by atoms with Gasteiger partial charge in [-0.25, -0.2) is 8.78 Å². The lowest BCUT2D eigenvalue weighted by Crippen LogP contribution is -2.15. The van der Waals surface area contributed by atoms with Crippen molar-refractivity contribution in [3.63, 3.8) is 0 Å². The molecule has 0 aliphatic carbocycles. The van der Waals surface area contributed by atoms with Crippen LogP contribution in [0.1, 0.15) is 22.8 Å². The van der Waals surface area contributed by atoms with Crippen LogP contribution in [0.2, 0.25) is 0 Å². The molecule has 4 heteroatoms. The summed E-state index contributed by atoms with van der Waals surface area (Å²) >= 11 is 1.38. The van der Waals surface area contributed by atoms with Crippen molar-refractivity contribution in [2.24, 2.45) is 0 Å². The molecule has 2 aromatic rings. The lowest BCUT2D eigenvalue weighted by atomic mass is 10.1. The first-order valence-electron chi connectivity index (χ1n) is 6.20. The summed E-state index contributed by atoms with van der Waals surface area (Å²) in [5.74, 6) is -1.83. The minimum absolute atomic E-state index is 0.0695. The standard InChI is InChI=1S/C16H14F2OS/c1-10-5-3-4-6-15(10)20-11(2)16(19)13-8-7-12(17)9-14(13)18/h3-9,11H,1-2H3. The van der Waals surface area contributed by atoms with Crippen LogP contribution in [-0.2, 0) is 0 Å². The molecule has 20 heavy (non-hydrogen) atoms. The Labute approximate surface area is 121 Å². The second kappa shape index (κ2) is 6.18. The van der Waals surface area contributed by atoms with E-state index in [9.17, 15) is 13.6 Å². The van der Waals surface area contributed by atoms with Crippen molar-refractivity contribution in [3.8, 4) is 0 Å². The van der Waals surface area contributed by atoms with E-state index < -0.39 is 16.9 Å². The van der Waals surface area contributed by atoms with Crippen molar-refractivity contribution in [2.75, 3.05) is 0 Å². The van der Waals surface area contributed by atoms with E-state index >= 15 is 0 Å². The van der Waals surface area contributed by atoms with Crippen molar-refractivity contribution in [3.05, 3.63) is 65.2 Å². The van der Waals surface area contributed by atoms with E-state index in [1.165, 1.54) is 17.8 Å². The molecule has 0 aliphatic rings. The Kier molecular flexibility index (Phi) is 4.55. The number of carbonyl (C=O) groups excluding carboxylic acids is 1. The molecule has 0 spiro atoms. The Balaban J connectivity index is 2.19. The first-order valence-corrected chi connectivity index (χ1v) is 7.08. The van der Waals surface area contributed by atoms with Gasteiger partial charge in [0, 0.05) is 11.0 Å². The van der Waals surface area contributed by atoms with Crippen LogP contribution >= 0.6 is 11.8 Å². The largest absolute Gasteiger partial charge is 0.293 e. The Morgan fingerprint density at radius 3 is 2.50 bits per heavy atom. The third-order valence-electron chi connectivity index (χ3n) is 2.96. The molecule has 0 radical (unpaired) electrons. The first-order chi connectivity index (χ1) is 9.49. The number of halogens is 2. The van der Waals surface area contributed by atoms with Crippen LogP contribution in [0.4, 0.5) is 8.78 Å². The van der Waals surface area contributed by atoms with Gasteiger partial charge < -0.3 is 0 Å². The van der Waals surface area contributed by atoms with Gasteiger partial charge in [0.2, 0.25) is 0 Å². The van der Waals surface area contributed by atoms with Crippen LogP contribution in [0.15, 0.2) is 47.4 Å². The summed E-state index contributed by atoms with van der Waals surface area (Å²) in [6.45, 7) is 3.68. The van der Waals surface area contributed by atoms with Gasteiger partial charge >= 0.3 is 0 Å². The highest BCUT2D eigenvalue weighted by Crippen LogP contribution is 2.28. The molecule has 0 aromatic heterocycles. The number of thioether (sulfide) groups is 1. The van der Waals surface area contributed by atoms with Gasteiger partial charge in [0.05, 0.1) is 10.8 Å². The molecular weight excluding hydrogens is 278 g/mol. The lowest BCUT2D eigenvalue weighted by molar-refractivity contribution is 0.0990. The molecule has 0 aliphatic heterocycles. The monoisotopic (exact) mass is 292 g/mol. The minimum atomic E-state index is -0.813. The van der Waals surface area contributed by atoms with E-state index in [1.807, 2.05) is 31.2 Å². The molecule has 1 nitrogen and oxygen atoms in total. The highest BCUT2D eigenvalue weighted by Gasteiger charge is 2.20. The first kappa shape index (κ1) is 14.7. The van der Waals surface area contributed by atoms with Crippen LogP contribution in [0.3, 0.4) is 0 Å². The summed E-state index contributed by atoms with van der Waals surface area (Å²) < 4.78 is 26.5. The van der Waals surface area contributed by atoms with Gasteiger partial charge in [-0.15, -0.1) is 11.8 Å². The third kappa shape index (κ3) is 3.25. The second-order valence-electron chi connectivity index (χ2n) is 4.51. The van der Waals surface area contributed by atoms with Crippen LogP contribution < -0.4 is 0 Å². The highest BCUT2D eigenvalue weighted by atomic mass is 32.2. The molecule has 0 saturated heterocycles. The fraction of sp³-hybridized carbons (Fsp3) is 0.188. The molecule has 0 fully saturated rings. The lowest BCUT2D eigenvalue weighted by Gasteiger charge is -2.12. The Morgan fingerprint density at radius 1 is 1.15 bits per heavy atom. The zero-order valence-electron chi connectivity index (χ0n) is 11.2. The predicted molar refractivity (Wildman–Crippen MR) is 77.2 cm³/mol. The number of hydrogen-bond acceptors (Lipinski definition) is 2. The van der Waals surface area contributed by atoms with E-state index in [2.05, 4.69) is 0 Å². The molecule has 104 valence electrons. The third-order valence-corrected chi connectivity index (χ3v) is 4.24. The number of benzene rings is 2. The molecule has 0 heterocycles. The maximum atomic E-state index is 13.6. The van der Waals surface area contributed by atoms with Gasteiger partial charge in [0.25, 0.3) is 0 Å². The van der Waals surface area contributed by atoms with Crippen molar-refractivity contribution in [1.82, 2.24) is 0 Å². The zero-order chi connectivity index (χ0) is 14.7. The second-order valence-corrected chi connectivity index (χ2v) is 5.90. The predicted octanol–water partition coefficient (Wildman–Crippen LogP) is 4.64. The quantitative estimate of drug-likeness (QED) is 0.603. The van der Waals surface area contributed by atoms with Gasteiger partial charge in [-0.1, -0.05) is 18.2 Å². The van der Waals surface area contributed by atoms with E-state index in [0.29, 0.717) is 0 Å². The van der Waals surface area contributed by atoms with Crippen LogP contribution in [0, 0.1) is 18.6 Å². The summed E-state index contributed by atoms with van der Waals surface area (Å²) in [6.07, 6.45) is 0. The van der Waals surface area contributed by atoms with Crippen molar-refractivity contribution in [2.45, 2.75) is 24.0 Å². The van der Waals surface area contributed by atoms with E-state index in [-0.39, 0.29) is 11.3 Å². The topological polar surface area (TPSA) is 17.1 Å². The fourth-order valence-electron chi connectivity index (χ4n) is 1.84.